The largest absolute Gasteiger partial charge is 0.495 e. The van der Waals surface area contributed by atoms with Gasteiger partial charge >= 0.3 is 13.3 Å². The Morgan fingerprint density at radius 2 is 1.69 bits per heavy atom. The average Bonchev–Trinajstić information content (AvgIpc) is 2.82. The van der Waals surface area contributed by atoms with Crippen molar-refractivity contribution >= 4 is 24.3 Å². The molecule has 5 nitrogen and oxygen atoms in total. The van der Waals surface area contributed by atoms with Crippen molar-refractivity contribution in [3.63, 3.8) is 0 Å². The van der Waals surface area contributed by atoms with Gasteiger partial charge in [0, 0.05) is 11.8 Å². The molecule has 0 aliphatic carbocycles. The fourth-order valence-electron chi connectivity index (χ4n) is 2.87. The Labute approximate surface area is 167 Å². The number of aromatic nitrogens is 1. The molecule has 0 saturated carbocycles. The van der Waals surface area contributed by atoms with Gasteiger partial charge in [-0.15, -0.1) is 0 Å². The molecule has 1 aliphatic heterocycles. The molecule has 1 aliphatic rings. The Morgan fingerprint density at radius 1 is 1.07 bits per heavy atom. The molecule has 0 atom stereocenters. The maximum absolute atomic E-state index is 12.9. The Bertz CT molecular complexity index is 929. The van der Waals surface area contributed by atoms with E-state index >= 15 is 0 Å². The zero-order chi connectivity index (χ0) is 21.6. The number of amides is 1. The highest BCUT2D eigenvalue weighted by Gasteiger charge is 2.52. The number of hydrogen-bond donors (Lipinski definition) is 1. The molecule has 29 heavy (non-hydrogen) atoms. The van der Waals surface area contributed by atoms with Gasteiger partial charge in [-0.05, 0) is 64.3 Å². The number of pyridine rings is 1. The van der Waals surface area contributed by atoms with Crippen LogP contribution in [0.15, 0.2) is 36.5 Å². The molecule has 1 fully saturated rings. The van der Waals surface area contributed by atoms with Crippen LogP contribution in [0.25, 0.3) is 0 Å². The summed E-state index contributed by atoms with van der Waals surface area (Å²) in [4.78, 5) is 16.4. The van der Waals surface area contributed by atoms with Crippen LogP contribution in [0.3, 0.4) is 0 Å². The molecule has 1 N–H and O–H groups in total. The number of alkyl halides is 3. The van der Waals surface area contributed by atoms with E-state index in [-0.39, 0.29) is 11.4 Å². The molecule has 154 valence electrons. The Balaban J connectivity index is 1.84. The van der Waals surface area contributed by atoms with E-state index in [0.717, 1.165) is 23.9 Å². The van der Waals surface area contributed by atoms with E-state index in [1.54, 1.807) is 18.2 Å². The summed E-state index contributed by atoms with van der Waals surface area (Å²) >= 11 is 0. The molecule has 1 amide bonds. The van der Waals surface area contributed by atoms with Gasteiger partial charge < -0.3 is 14.6 Å². The standard InChI is InChI=1S/C20H22BF3N2O3/c1-12-6-7-13(10-15(12)21-28-18(2,3)19(4,5)29-21)17(27)26-16-11-14(8-9-25-16)20(22,23)24/h6-11H,1-5H3,(H,25,26,27). The lowest BCUT2D eigenvalue weighted by atomic mass is 9.75. The number of rotatable bonds is 3. The van der Waals surface area contributed by atoms with E-state index < -0.39 is 36.0 Å². The molecule has 9 heteroatoms. The molecular weight excluding hydrogens is 384 g/mol. The number of aryl methyl sites for hydroxylation is 1. The predicted octanol–water partition coefficient (Wildman–Crippen LogP) is 3.96. The smallest absolute Gasteiger partial charge is 0.399 e. The van der Waals surface area contributed by atoms with Crippen LogP contribution in [0, 0.1) is 6.92 Å². The summed E-state index contributed by atoms with van der Waals surface area (Å²) in [7, 11) is -0.653. The van der Waals surface area contributed by atoms with Gasteiger partial charge in [-0.25, -0.2) is 4.98 Å². The third kappa shape index (κ3) is 4.30. The van der Waals surface area contributed by atoms with E-state index in [1.165, 1.54) is 0 Å². The summed E-state index contributed by atoms with van der Waals surface area (Å²) in [6.45, 7) is 9.59. The average molecular weight is 406 g/mol. The number of nitrogens with one attached hydrogen (secondary N) is 1. The first-order valence-electron chi connectivity index (χ1n) is 9.11. The highest BCUT2D eigenvalue weighted by Crippen LogP contribution is 2.36. The van der Waals surface area contributed by atoms with Crippen LogP contribution in [-0.4, -0.2) is 29.2 Å². The fraction of sp³-hybridized carbons (Fsp3) is 0.400. The summed E-state index contributed by atoms with van der Waals surface area (Å²) in [5, 5.41) is 2.41. The number of benzene rings is 1. The van der Waals surface area contributed by atoms with Crippen LogP contribution in [0.4, 0.5) is 19.0 Å². The molecule has 0 bridgehead atoms. The molecule has 1 aromatic carbocycles. The number of halogens is 3. The first-order valence-corrected chi connectivity index (χ1v) is 9.11. The van der Waals surface area contributed by atoms with Crippen molar-refractivity contribution in [3.8, 4) is 0 Å². The first kappa shape index (κ1) is 21.3. The van der Waals surface area contributed by atoms with E-state index in [9.17, 15) is 18.0 Å². The van der Waals surface area contributed by atoms with E-state index in [2.05, 4.69) is 10.3 Å². The fourth-order valence-corrected chi connectivity index (χ4v) is 2.87. The second-order valence-corrected chi connectivity index (χ2v) is 8.04. The quantitative estimate of drug-likeness (QED) is 0.785. The van der Waals surface area contributed by atoms with Gasteiger partial charge in [0.05, 0.1) is 16.8 Å². The second kappa shape index (κ2) is 7.14. The molecule has 0 spiro atoms. The van der Waals surface area contributed by atoms with Crippen LogP contribution in [0.5, 0.6) is 0 Å². The molecule has 1 saturated heterocycles. The summed E-state index contributed by atoms with van der Waals surface area (Å²) in [6.07, 6.45) is -3.51. The van der Waals surface area contributed by atoms with Gasteiger partial charge in [0.25, 0.3) is 5.91 Å². The van der Waals surface area contributed by atoms with Crippen LogP contribution < -0.4 is 10.8 Å². The van der Waals surface area contributed by atoms with Gasteiger partial charge in [-0.1, -0.05) is 11.6 Å². The van der Waals surface area contributed by atoms with Crippen molar-refractivity contribution in [2.24, 2.45) is 0 Å². The topological polar surface area (TPSA) is 60.5 Å². The number of anilines is 1. The lowest BCUT2D eigenvalue weighted by Gasteiger charge is -2.32. The first-order chi connectivity index (χ1) is 13.3. The van der Waals surface area contributed by atoms with Gasteiger partial charge in [0.2, 0.25) is 0 Å². The van der Waals surface area contributed by atoms with Crippen molar-refractivity contribution in [2.75, 3.05) is 5.32 Å². The lowest BCUT2D eigenvalue weighted by molar-refractivity contribution is -0.137. The minimum Gasteiger partial charge on any atom is -0.399 e. The third-order valence-corrected chi connectivity index (χ3v) is 5.38. The van der Waals surface area contributed by atoms with Crippen LogP contribution in [0.2, 0.25) is 0 Å². The molecule has 2 aromatic rings. The van der Waals surface area contributed by atoms with Crippen LogP contribution in [0.1, 0.15) is 49.2 Å². The molecule has 3 rings (SSSR count). The van der Waals surface area contributed by atoms with Crippen LogP contribution >= 0.6 is 0 Å². The van der Waals surface area contributed by atoms with Gasteiger partial charge in [0.1, 0.15) is 5.82 Å². The summed E-state index contributed by atoms with van der Waals surface area (Å²) in [5.41, 5.74) is -0.135. The maximum atomic E-state index is 12.9. The minimum absolute atomic E-state index is 0.178. The molecule has 0 radical (unpaired) electrons. The van der Waals surface area contributed by atoms with Crippen molar-refractivity contribution in [1.29, 1.82) is 0 Å². The normalized spacial score (nSPS) is 18.0. The SMILES string of the molecule is Cc1ccc(C(=O)Nc2cc(C(F)(F)F)ccn2)cc1B1OC(C)(C)C(C)(C)O1. The van der Waals surface area contributed by atoms with Crippen LogP contribution in [-0.2, 0) is 15.5 Å². The highest BCUT2D eigenvalue weighted by molar-refractivity contribution is 6.62. The molecule has 1 aromatic heterocycles. The number of hydrogen-bond acceptors (Lipinski definition) is 4. The Hall–Kier alpha value is -2.39. The minimum atomic E-state index is -4.52. The lowest BCUT2D eigenvalue weighted by Crippen LogP contribution is -2.41. The van der Waals surface area contributed by atoms with Gasteiger partial charge in [-0.2, -0.15) is 13.2 Å². The second-order valence-electron chi connectivity index (χ2n) is 8.04. The molecule has 2 heterocycles. The number of nitrogens with zero attached hydrogens (tertiary/aromatic N) is 1. The van der Waals surface area contributed by atoms with Gasteiger partial charge in [0.15, 0.2) is 0 Å². The third-order valence-electron chi connectivity index (χ3n) is 5.38. The zero-order valence-electron chi connectivity index (χ0n) is 16.8. The van der Waals surface area contributed by atoms with Gasteiger partial charge in [-0.3, -0.25) is 4.79 Å². The summed E-state index contributed by atoms with van der Waals surface area (Å²) < 4.78 is 50.7. The van der Waals surface area contributed by atoms with E-state index in [0.29, 0.717) is 5.46 Å². The van der Waals surface area contributed by atoms with Crippen molar-refractivity contribution in [1.82, 2.24) is 4.98 Å². The molecular formula is C20H22BF3N2O3. The Morgan fingerprint density at radius 3 is 2.28 bits per heavy atom. The molecule has 0 unspecified atom stereocenters. The van der Waals surface area contributed by atoms with E-state index in [1.807, 2.05) is 34.6 Å². The number of carbonyl (C=O) groups is 1. The number of carbonyl (C=O) groups excluding carboxylic acids is 1. The Kier molecular flexibility index (Phi) is 5.25. The van der Waals surface area contributed by atoms with Crippen molar-refractivity contribution in [2.45, 2.75) is 52.0 Å². The van der Waals surface area contributed by atoms with Crippen molar-refractivity contribution < 1.29 is 27.3 Å². The predicted molar refractivity (Wildman–Crippen MR) is 104 cm³/mol. The zero-order valence-corrected chi connectivity index (χ0v) is 16.8. The highest BCUT2D eigenvalue weighted by atomic mass is 19.4. The maximum Gasteiger partial charge on any atom is 0.495 e. The van der Waals surface area contributed by atoms with E-state index in [4.69, 9.17) is 9.31 Å². The summed E-state index contributed by atoms with van der Waals surface area (Å²) in [6, 6.07) is 6.60. The summed E-state index contributed by atoms with van der Waals surface area (Å²) in [5.74, 6) is -0.753. The monoisotopic (exact) mass is 406 g/mol. The van der Waals surface area contributed by atoms with Crippen molar-refractivity contribution in [3.05, 3.63) is 53.2 Å².